The lowest BCUT2D eigenvalue weighted by atomic mass is 9.99. The normalized spacial score (nSPS) is 13.1. The van der Waals surface area contributed by atoms with Gasteiger partial charge in [0.15, 0.2) is 5.78 Å². The van der Waals surface area contributed by atoms with E-state index in [4.69, 9.17) is 11.6 Å². The Labute approximate surface area is 143 Å². The SMILES string of the molecule is O=C(CC(=O)C(F)(F)C(F)(F)C(F)(F)F)c1ccc(Cl)c(I)c1. The molecule has 0 heterocycles. The zero-order valence-electron chi connectivity index (χ0n) is 10.7. The Morgan fingerprint density at radius 2 is 1.57 bits per heavy atom. The first-order valence-corrected chi connectivity index (χ1v) is 7.01. The van der Waals surface area contributed by atoms with E-state index in [1.807, 2.05) is 0 Å². The van der Waals surface area contributed by atoms with Crippen molar-refractivity contribution >= 4 is 45.8 Å². The van der Waals surface area contributed by atoms with Crippen LogP contribution in [-0.2, 0) is 4.79 Å². The van der Waals surface area contributed by atoms with Crippen LogP contribution in [0, 0.1) is 3.57 Å². The average molecular weight is 477 g/mol. The van der Waals surface area contributed by atoms with E-state index >= 15 is 0 Å². The molecule has 23 heavy (non-hydrogen) atoms. The predicted molar refractivity (Wildman–Crippen MR) is 74.1 cm³/mol. The van der Waals surface area contributed by atoms with Crippen LogP contribution >= 0.6 is 34.2 Å². The van der Waals surface area contributed by atoms with E-state index in [9.17, 15) is 40.3 Å². The van der Waals surface area contributed by atoms with Crippen LogP contribution in [0.25, 0.3) is 0 Å². The number of alkyl halides is 7. The Hall–Kier alpha value is -0.910. The van der Waals surface area contributed by atoms with Gasteiger partial charge in [0.2, 0.25) is 5.78 Å². The van der Waals surface area contributed by atoms with Crippen LogP contribution in [0.5, 0.6) is 0 Å². The summed E-state index contributed by atoms with van der Waals surface area (Å²) < 4.78 is 87.8. The maximum atomic E-state index is 13.1. The fourth-order valence-electron chi connectivity index (χ4n) is 1.38. The van der Waals surface area contributed by atoms with Gasteiger partial charge in [-0.05, 0) is 40.8 Å². The molecule has 1 rings (SSSR count). The van der Waals surface area contributed by atoms with Gasteiger partial charge < -0.3 is 0 Å². The monoisotopic (exact) mass is 476 g/mol. The van der Waals surface area contributed by atoms with Crippen molar-refractivity contribution in [2.75, 3.05) is 0 Å². The van der Waals surface area contributed by atoms with Crippen molar-refractivity contribution in [2.45, 2.75) is 24.4 Å². The summed E-state index contributed by atoms with van der Waals surface area (Å²) in [5.74, 6) is -16.8. The van der Waals surface area contributed by atoms with E-state index in [1.165, 1.54) is 6.07 Å². The van der Waals surface area contributed by atoms with Crippen LogP contribution in [0.1, 0.15) is 16.8 Å². The fraction of sp³-hybridized carbons (Fsp3) is 0.333. The number of halogens is 9. The number of carbonyl (C=O) groups is 2. The number of hydrogen-bond acceptors (Lipinski definition) is 2. The second-order valence-corrected chi connectivity index (χ2v) is 5.87. The summed E-state index contributed by atoms with van der Waals surface area (Å²) in [4.78, 5) is 22.7. The number of benzene rings is 1. The number of Topliss-reactive ketones (excluding diaryl/α,β-unsaturated/α-hetero) is 2. The molecule has 0 unspecified atom stereocenters. The molecule has 0 aliphatic rings. The fourth-order valence-corrected chi connectivity index (χ4v) is 2.01. The molecule has 0 fully saturated rings. The van der Waals surface area contributed by atoms with Gasteiger partial charge in [0.25, 0.3) is 0 Å². The molecule has 1 aromatic carbocycles. The van der Waals surface area contributed by atoms with Gasteiger partial charge in [-0.3, -0.25) is 9.59 Å². The smallest absolute Gasteiger partial charge is 0.294 e. The zero-order valence-corrected chi connectivity index (χ0v) is 13.6. The lowest BCUT2D eigenvalue weighted by Gasteiger charge is -2.26. The Balaban J connectivity index is 3.02. The van der Waals surface area contributed by atoms with Crippen LogP contribution in [0.4, 0.5) is 30.7 Å². The summed E-state index contributed by atoms with van der Waals surface area (Å²) in [6.07, 6.45) is -8.44. The molecule has 0 saturated carbocycles. The molecule has 0 N–H and O–H groups in total. The Bertz CT molecular complexity index is 643. The number of rotatable bonds is 5. The third-order valence-corrected chi connectivity index (χ3v) is 4.20. The summed E-state index contributed by atoms with van der Waals surface area (Å²) in [6.45, 7) is 0. The molecular weight excluding hydrogens is 471 g/mol. The van der Waals surface area contributed by atoms with Gasteiger partial charge in [0.05, 0.1) is 11.4 Å². The van der Waals surface area contributed by atoms with Gasteiger partial charge in [-0.25, -0.2) is 0 Å². The predicted octanol–water partition coefficient (Wildman–Crippen LogP) is 4.92. The van der Waals surface area contributed by atoms with Gasteiger partial charge in [0.1, 0.15) is 0 Å². The summed E-state index contributed by atoms with van der Waals surface area (Å²) >= 11 is 7.31. The Kier molecular flexibility index (Phi) is 5.72. The number of hydrogen-bond donors (Lipinski definition) is 0. The molecule has 0 spiro atoms. The van der Waals surface area contributed by atoms with Crippen molar-refractivity contribution in [1.29, 1.82) is 0 Å². The molecule has 11 heteroatoms. The van der Waals surface area contributed by atoms with Crippen LogP contribution < -0.4 is 0 Å². The highest BCUT2D eigenvalue weighted by Gasteiger charge is 2.75. The third-order valence-electron chi connectivity index (χ3n) is 2.66. The van der Waals surface area contributed by atoms with E-state index in [-0.39, 0.29) is 10.6 Å². The first-order valence-electron chi connectivity index (χ1n) is 5.55. The molecule has 128 valence electrons. The van der Waals surface area contributed by atoms with E-state index in [0.29, 0.717) is 3.57 Å². The minimum absolute atomic E-state index is 0.197. The van der Waals surface area contributed by atoms with Gasteiger partial charge in [0, 0.05) is 9.13 Å². The second kappa shape index (κ2) is 6.54. The van der Waals surface area contributed by atoms with Crippen LogP contribution in [0.15, 0.2) is 18.2 Å². The largest absolute Gasteiger partial charge is 0.460 e. The average Bonchev–Trinajstić information content (AvgIpc) is 2.40. The van der Waals surface area contributed by atoms with E-state index < -0.39 is 36.0 Å². The number of carbonyl (C=O) groups excluding carboxylic acids is 2. The van der Waals surface area contributed by atoms with Crippen molar-refractivity contribution < 1.29 is 40.3 Å². The first-order chi connectivity index (χ1) is 10.2. The molecule has 0 bridgehead atoms. The molecule has 0 saturated heterocycles. The lowest BCUT2D eigenvalue weighted by Crippen LogP contribution is -2.56. The van der Waals surface area contributed by atoms with Crippen molar-refractivity contribution in [1.82, 2.24) is 0 Å². The highest BCUT2D eigenvalue weighted by molar-refractivity contribution is 14.1. The van der Waals surface area contributed by atoms with Crippen molar-refractivity contribution in [2.24, 2.45) is 0 Å². The molecular formula is C12H5ClF7IO2. The third kappa shape index (κ3) is 3.95. The molecule has 0 aromatic heterocycles. The first kappa shape index (κ1) is 20.1. The lowest BCUT2D eigenvalue weighted by molar-refractivity contribution is -0.343. The molecule has 0 atom stereocenters. The van der Waals surface area contributed by atoms with Crippen LogP contribution in [0.3, 0.4) is 0 Å². The Morgan fingerprint density at radius 1 is 1.04 bits per heavy atom. The molecule has 2 nitrogen and oxygen atoms in total. The Morgan fingerprint density at radius 3 is 2.00 bits per heavy atom. The standard InChI is InChI=1S/C12H5ClF7IO2/c13-6-2-1-5(3-7(6)21)8(22)4-9(23)10(14,15)11(16,17)12(18,19)20/h1-3H,4H2. The molecule has 0 aliphatic carbocycles. The van der Waals surface area contributed by atoms with Gasteiger partial charge in [-0.2, -0.15) is 30.7 Å². The summed E-state index contributed by atoms with van der Waals surface area (Å²) in [5.41, 5.74) is -0.321. The van der Waals surface area contributed by atoms with Crippen LogP contribution in [0.2, 0.25) is 5.02 Å². The van der Waals surface area contributed by atoms with Crippen molar-refractivity contribution in [3.8, 4) is 0 Å². The maximum Gasteiger partial charge on any atom is 0.460 e. The minimum atomic E-state index is -6.63. The van der Waals surface area contributed by atoms with Crippen molar-refractivity contribution in [3.05, 3.63) is 32.4 Å². The molecule has 0 aliphatic heterocycles. The zero-order chi connectivity index (χ0) is 18.2. The van der Waals surface area contributed by atoms with Gasteiger partial charge >= 0.3 is 18.0 Å². The van der Waals surface area contributed by atoms with Gasteiger partial charge in [-0.15, -0.1) is 0 Å². The molecule has 0 amide bonds. The highest BCUT2D eigenvalue weighted by Crippen LogP contribution is 2.47. The quantitative estimate of drug-likeness (QED) is 0.262. The molecule has 1 aromatic rings. The van der Waals surface area contributed by atoms with Gasteiger partial charge in [-0.1, -0.05) is 11.6 Å². The number of ketones is 2. The van der Waals surface area contributed by atoms with E-state index in [1.54, 1.807) is 22.6 Å². The van der Waals surface area contributed by atoms with E-state index in [0.717, 1.165) is 12.1 Å². The second-order valence-electron chi connectivity index (χ2n) is 4.30. The molecule has 0 radical (unpaired) electrons. The van der Waals surface area contributed by atoms with Crippen molar-refractivity contribution in [3.63, 3.8) is 0 Å². The van der Waals surface area contributed by atoms with E-state index in [2.05, 4.69) is 0 Å². The minimum Gasteiger partial charge on any atom is -0.294 e. The summed E-state index contributed by atoms with van der Waals surface area (Å²) in [7, 11) is 0. The van der Waals surface area contributed by atoms with Crippen LogP contribution in [-0.4, -0.2) is 29.6 Å². The summed E-state index contributed by atoms with van der Waals surface area (Å²) in [5, 5.41) is 0.197. The highest BCUT2D eigenvalue weighted by atomic mass is 127. The maximum absolute atomic E-state index is 13.1. The summed E-state index contributed by atoms with van der Waals surface area (Å²) in [6, 6.07) is 3.29. The topological polar surface area (TPSA) is 34.1 Å².